The van der Waals surface area contributed by atoms with Crippen LogP contribution in [0.3, 0.4) is 0 Å². The number of hydrazine groups is 1. The lowest BCUT2D eigenvalue weighted by Crippen LogP contribution is -2.62. The minimum atomic E-state index is -1.16. The summed E-state index contributed by atoms with van der Waals surface area (Å²) in [5, 5.41) is 16.8. The van der Waals surface area contributed by atoms with Crippen LogP contribution in [-0.2, 0) is 25.5 Å². The smallest absolute Gasteiger partial charge is 0.303 e. The van der Waals surface area contributed by atoms with Gasteiger partial charge in [-0.25, -0.2) is 9.67 Å². The van der Waals surface area contributed by atoms with Crippen molar-refractivity contribution in [2.24, 2.45) is 39.4 Å². The fraction of sp³-hybridized carbons (Fsp3) is 0.562. The second-order valence-corrected chi connectivity index (χ2v) is 13.4. The van der Waals surface area contributed by atoms with E-state index in [4.69, 9.17) is 25.4 Å². The number of nitrogens with two attached hydrogens (primary N) is 1. The summed E-state index contributed by atoms with van der Waals surface area (Å²) in [5.74, 6) is 5.78. The van der Waals surface area contributed by atoms with Crippen LogP contribution in [0.1, 0.15) is 64.6 Å². The Morgan fingerprint density at radius 3 is 2.88 bits per heavy atom. The molecule has 0 bridgehead atoms. The molecule has 222 valence electrons. The van der Waals surface area contributed by atoms with E-state index in [1.54, 1.807) is 6.92 Å². The fourth-order valence-electron chi connectivity index (χ4n) is 9.76. The Bertz CT molecular complexity index is 1550. The van der Waals surface area contributed by atoms with Gasteiger partial charge in [-0.3, -0.25) is 15.4 Å². The number of esters is 1. The predicted molar refractivity (Wildman–Crippen MR) is 157 cm³/mol. The predicted octanol–water partition coefficient (Wildman–Crippen LogP) is 3.61. The van der Waals surface area contributed by atoms with Gasteiger partial charge in [0, 0.05) is 19.3 Å². The van der Waals surface area contributed by atoms with Crippen molar-refractivity contribution in [3.8, 4) is 5.69 Å². The van der Waals surface area contributed by atoms with Crippen molar-refractivity contribution in [2.45, 2.75) is 77.5 Å². The maximum atomic E-state index is 13.8. The number of carbonyl (C=O) groups excluding carboxylic acids is 2. The molecule has 0 unspecified atom stereocenters. The standard InChI is InChI=1S/C32H39N5O5/c1-17-35-32(27(40)16-41-18(2)38)28(42-17)12-24-23-9-8-20-10-25-19(13-30(20,3)29(23)26(39)14-31(24,32)4)15-34-37(25)22-7-5-6-21(11-22)36-33/h5-7,10-11,15,23-24,26,28-29,36,39H,8-9,12-14,16,33H2,1-4H3/t23-,24-,26-,28+,29+,30-,31-,32+/m0/s1. The van der Waals surface area contributed by atoms with Crippen molar-refractivity contribution in [3.63, 3.8) is 0 Å². The van der Waals surface area contributed by atoms with Crippen LogP contribution in [0, 0.1) is 28.6 Å². The van der Waals surface area contributed by atoms with Crippen LogP contribution in [0.4, 0.5) is 5.69 Å². The van der Waals surface area contributed by atoms with Gasteiger partial charge in [-0.2, -0.15) is 5.10 Å². The molecule has 4 aliphatic carbocycles. The number of allylic oxidation sites excluding steroid dienone is 1. The third-order valence-corrected chi connectivity index (χ3v) is 11.4. The van der Waals surface area contributed by atoms with Gasteiger partial charge in [-0.1, -0.05) is 25.5 Å². The first-order chi connectivity index (χ1) is 20.0. The molecule has 1 aliphatic heterocycles. The van der Waals surface area contributed by atoms with E-state index in [0.717, 1.165) is 41.9 Å². The van der Waals surface area contributed by atoms with E-state index in [0.29, 0.717) is 18.7 Å². The highest BCUT2D eigenvalue weighted by atomic mass is 16.5. The molecule has 10 heteroatoms. The topological polar surface area (TPSA) is 141 Å². The van der Waals surface area contributed by atoms with Gasteiger partial charge in [0.1, 0.15) is 6.10 Å². The average molecular weight is 574 g/mol. The average Bonchev–Trinajstić information content (AvgIpc) is 3.58. The van der Waals surface area contributed by atoms with Crippen molar-refractivity contribution in [1.82, 2.24) is 9.78 Å². The number of aliphatic hydroxyl groups excluding tert-OH is 1. The number of fused-ring (bicyclic) bond motifs is 8. The molecular weight excluding hydrogens is 534 g/mol. The molecule has 0 amide bonds. The number of ketones is 1. The number of carbonyl (C=O) groups is 2. The van der Waals surface area contributed by atoms with Crippen LogP contribution in [0.15, 0.2) is 41.0 Å². The normalized spacial score (nSPS) is 37.6. The summed E-state index contributed by atoms with van der Waals surface area (Å²) < 4.78 is 13.3. The van der Waals surface area contributed by atoms with Crippen LogP contribution in [-0.4, -0.2) is 56.9 Å². The number of benzene rings is 1. The highest BCUT2D eigenvalue weighted by Gasteiger charge is 2.74. The molecule has 1 aromatic heterocycles. The van der Waals surface area contributed by atoms with Gasteiger partial charge < -0.3 is 20.0 Å². The molecule has 10 nitrogen and oxygen atoms in total. The maximum Gasteiger partial charge on any atom is 0.303 e. The molecule has 42 heavy (non-hydrogen) atoms. The van der Waals surface area contributed by atoms with E-state index in [-0.39, 0.29) is 35.6 Å². The lowest BCUT2D eigenvalue weighted by Gasteiger charge is -2.60. The van der Waals surface area contributed by atoms with Gasteiger partial charge in [-0.05, 0) is 85.1 Å². The Labute approximate surface area is 245 Å². The van der Waals surface area contributed by atoms with Crippen LogP contribution >= 0.6 is 0 Å². The summed E-state index contributed by atoms with van der Waals surface area (Å²) in [6.45, 7) is 7.16. The molecule has 1 aromatic carbocycles. The van der Waals surface area contributed by atoms with Gasteiger partial charge >= 0.3 is 5.97 Å². The number of aliphatic hydroxyl groups is 1. The first-order valence-corrected chi connectivity index (χ1v) is 14.9. The first-order valence-electron chi connectivity index (χ1n) is 14.9. The Morgan fingerprint density at radius 2 is 2.12 bits per heavy atom. The largest absolute Gasteiger partial charge is 0.475 e. The Hall–Kier alpha value is -3.50. The molecule has 2 aromatic rings. The highest BCUT2D eigenvalue weighted by molar-refractivity contribution is 5.97. The van der Waals surface area contributed by atoms with E-state index in [1.165, 1.54) is 12.5 Å². The molecular formula is C32H39N5O5. The first kappa shape index (κ1) is 27.3. The molecule has 2 heterocycles. The van der Waals surface area contributed by atoms with Gasteiger partial charge in [0.15, 0.2) is 18.0 Å². The Morgan fingerprint density at radius 1 is 1.31 bits per heavy atom. The Balaban J connectivity index is 1.24. The molecule has 0 radical (unpaired) electrons. The number of hydrogen-bond donors (Lipinski definition) is 3. The fourth-order valence-corrected chi connectivity index (χ4v) is 9.76. The van der Waals surface area contributed by atoms with Crippen LogP contribution in [0.2, 0.25) is 0 Å². The van der Waals surface area contributed by atoms with Crippen molar-refractivity contribution < 1.29 is 24.2 Å². The zero-order valence-electron chi connectivity index (χ0n) is 24.6. The summed E-state index contributed by atoms with van der Waals surface area (Å²) in [4.78, 5) is 30.3. The third-order valence-electron chi connectivity index (χ3n) is 11.4. The van der Waals surface area contributed by atoms with E-state index >= 15 is 0 Å². The summed E-state index contributed by atoms with van der Waals surface area (Å²) in [6, 6.07) is 7.86. The third kappa shape index (κ3) is 3.57. The minimum Gasteiger partial charge on any atom is -0.475 e. The number of rotatable bonds is 5. The number of Topliss-reactive ketones (excluding diaryl/α,β-unsaturated/α-hetero) is 1. The van der Waals surface area contributed by atoms with Crippen LogP contribution in [0.25, 0.3) is 11.8 Å². The van der Waals surface area contributed by atoms with Gasteiger partial charge in [0.25, 0.3) is 0 Å². The number of nitrogens with one attached hydrogen (secondary N) is 1. The van der Waals surface area contributed by atoms with Crippen molar-refractivity contribution in [2.75, 3.05) is 12.0 Å². The quantitative estimate of drug-likeness (QED) is 0.280. The summed E-state index contributed by atoms with van der Waals surface area (Å²) in [7, 11) is 0. The zero-order chi connectivity index (χ0) is 29.6. The van der Waals surface area contributed by atoms with Gasteiger partial charge in [0.2, 0.25) is 5.78 Å². The second kappa shape index (κ2) is 9.25. The van der Waals surface area contributed by atoms with Gasteiger partial charge in [0.05, 0.1) is 29.4 Å². The highest BCUT2D eigenvalue weighted by Crippen LogP contribution is 2.69. The van der Waals surface area contributed by atoms with Crippen LogP contribution in [0.5, 0.6) is 0 Å². The summed E-state index contributed by atoms with van der Waals surface area (Å²) >= 11 is 0. The van der Waals surface area contributed by atoms with E-state index < -0.39 is 29.1 Å². The number of nitrogen functional groups attached to an aromatic ring is 1. The lowest BCUT2D eigenvalue weighted by molar-refractivity contribution is -0.156. The molecule has 4 N–H and O–H groups in total. The van der Waals surface area contributed by atoms with Gasteiger partial charge in [-0.15, -0.1) is 0 Å². The molecule has 3 saturated carbocycles. The molecule has 8 atom stereocenters. The molecule has 7 rings (SSSR count). The number of anilines is 1. The molecule has 5 aliphatic rings. The summed E-state index contributed by atoms with van der Waals surface area (Å²) in [5.41, 5.74) is 6.03. The molecule has 0 saturated heterocycles. The summed E-state index contributed by atoms with van der Waals surface area (Å²) in [6.07, 6.45) is 6.96. The van der Waals surface area contributed by atoms with Crippen LogP contribution < -0.4 is 11.3 Å². The van der Waals surface area contributed by atoms with E-state index in [2.05, 4.69) is 25.3 Å². The number of hydrogen-bond acceptors (Lipinski definition) is 9. The number of aromatic nitrogens is 2. The minimum absolute atomic E-state index is 0.0290. The monoisotopic (exact) mass is 573 g/mol. The lowest BCUT2D eigenvalue weighted by atomic mass is 9.45. The molecule has 0 spiro atoms. The van der Waals surface area contributed by atoms with Crippen molar-refractivity contribution in [3.05, 3.63) is 47.3 Å². The maximum absolute atomic E-state index is 13.8. The second-order valence-electron chi connectivity index (χ2n) is 13.4. The molecule has 3 fully saturated rings. The number of nitrogens with zero attached hydrogens (tertiary/aromatic N) is 3. The van der Waals surface area contributed by atoms with E-state index in [9.17, 15) is 14.7 Å². The van der Waals surface area contributed by atoms with E-state index in [1.807, 2.05) is 35.1 Å². The SMILES string of the molecule is CC(=O)OCC(=O)[C@@]12N=C(C)O[C@@H]1C[C@H]1[C@@H]3CCC4=Cc5c(cnn5-c5cccc(NN)c5)C[C@]4(C)[C@H]3[C@@H](O)C[C@@]12C. The number of aliphatic imine (C=N–C) groups is 1. The Kier molecular flexibility index (Phi) is 6.02. The zero-order valence-corrected chi connectivity index (χ0v) is 24.6. The van der Waals surface area contributed by atoms with Crippen molar-refractivity contribution >= 4 is 29.4 Å². The van der Waals surface area contributed by atoms with Crippen molar-refractivity contribution in [1.29, 1.82) is 0 Å². The number of ether oxygens (including phenoxy) is 2.